The number of aliphatic imine (C=N–C) groups is 1. The van der Waals surface area contributed by atoms with E-state index >= 15 is 0 Å². The maximum Gasteiger partial charge on any atom is 0.244 e. The molecular formula is C28H25N5O4. The molecule has 3 aliphatic heterocycles. The van der Waals surface area contributed by atoms with E-state index in [1.165, 1.54) is 11.1 Å². The quantitative estimate of drug-likeness (QED) is 0.552. The fraction of sp³-hybridized carbons (Fsp3) is 0.250. The maximum atomic E-state index is 13.4. The molecule has 0 aromatic heterocycles. The lowest BCUT2D eigenvalue weighted by Crippen LogP contribution is -2.45. The van der Waals surface area contributed by atoms with Crippen molar-refractivity contribution in [1.82, 2.24) is 5.32 Å². The molecule has 9 nitrogen and oxygen atoms in total. The largest absolute Gasteiger partial charge is 0.326 e. The maximum absolute atomic E-state index is 13.4. The van der Waals surface area contributed by atoms with Crippen molar-refractivity contribution in [3.8, 4) is 0 Å². The molecule has 3 N–H and O–H groups in total. The van der Waals surface area contributed by atoms with Crippen molar-refractivity contribution < 1.29 is 19.2 Å². The molecule has 4 amide bonds. The first-order valence-corrected chi connectivity index (χ1v) is 12.1. The fourth-order valence-corrected chi connectivity index (χ4v) is 6.00. The summed E-state index contributed by atoms with van der Waals surface area (Å²) in [7, 11) is 0. The number of anilines is 3. The van der Waals surface area contributed by atoms with Gasteiger partial charge in [0.15, 0.2) is 0 Å². The van der Waals surface area contributed by atoms with Crippen LogP contribution in [0.25, 0.3) is 0 Å². The van der Waals surface area contributed by atoms with Crippen LogP contribution in [0, 0.1) is 5.41 Å². The summed E-state index contributed by atoms with van der Waals surface area (Å²) < 4.78 is 0. The Balaban J connectivity index is 1.19. The van der Waals surface area contributed by atoms with E-state index in [4.69, 9.17) is 0 Å². The number of hydrogen-bond acceptors (Lipinski definition) is 5. The molecule has 0 radical (unpaired) electrons. The number of allylic oxidation sites excluding steroid dienone is 1. The van der Waals surface area contributed by atoms with Crippen molar-refractivity contribution in [2.45, 2.75) is 31.6 Å². The monoisotopic (exact) mass is 495 g/mol. The summed E-state index contributed by atoms with van der Waals surface area (Å²) in [6, 6.07) is 11.0. The van der Waals surface area contributed by atoms with Crippen LogP contribution >= 0.6 is 0 Å². The molecule has 3 heterocycles. The number of carbonyl (C=O) groups excluding carboxylic acids is 4. The predicted octanol–water partition coefficient (Wildman–Crippen LogP) is 2.58. The highest BCUT2D eigenvalue weighted by Crippen LogP contribution is 2.50. The zero-order valence-corrected chi connectivity index (χ0v) is 20.3. The van der Waals surface area contributed by atoms with E-state index in [1.54, 1.807) is 31.2 Å². The minimum Gasteiger partial charge on any atom is -0.326 e. The number of carbonyl (C=O) groups is 4. The Morgan fingerprint density at radius 2 is 1.95 bits per heavy atom. The zero-order valence-electron chi connectivity index (χ0n) is 20.3. The minimum atomic E-state index is -0.986. The van der Waals surface area contributed by atoms with Crippen LogP contribution in [0.5, 0.6) is 0 Å². The Bertz CT molecular complexity index is 1490. The number of nitrogens with one attached hydrogen (secondary N) is 3. The Morgan fingerprint density at radius 1 is 1.14 bits per heavy atom. The molecule has 4 aliphatic rings. The average molecular weight is 496 g/mol. The van der Waals surface area contributed by atoms with Crippen LogP contribution in [-0.2, 0) is 37.4 Å². The molecule has 0 fully saturated rings. The van der Waals surface area contributed by atoms with Gasteiger partial charge in [0.25, 0.3) is 0 Å². The number of benzene rings is 2. The summed E-state index contributed by atoms with van der Waals surface area (Å²) in [5, 5.41) is 8.55. The van der Waals surface area contributed by atoms with Crippen molar-refractivity contribution in [2.75, 3.05) is 22.1 Å². The number of fused-ring (bicyclic) bond motifs is 1. The number of rotatable bonds is 5. The van der Waals surface area contributed by atoms with Gasteiger partial charge in [-0.3, -0.25) is 19.2 Å². The van der Waals surface area contributed by atoms with Crippen LogP contribution in [0.2, 0.25) is 0 Å². The lowest BCUT2D eigenvalue weighted by Gasteiger charge is -2.29. The zero-order chi connectivity index (χ0) is 25.9. The van der Waals surface area contributed by atoms with Gasteiger partial charge in [-0.2, -0.15) is 0 Å². The van der Waals surface area contributed by atoms with Crippen molar-refractivity contribution in [1.29, 1.82) is 0 Å². The van der Waals surface area contributed by atoms with Gasteiger partial charge in [0.2, 0.25) is 23.6 Å². The molecule has 186 valence electrons. The molecule has 0 saturated heterocycles. The second-order valence-corrected chi connectivity index (χ2v) is 10.2. The molecule has 2 unspecified atom stereocenters. The summed E-state index contributed by atoms with van der Waals surface area (Å²) in [5.41, 5.74) is 2.96. The van der Waals surface area contributed by atoms with Gasteiger partial charge in [-0.05, 0) is 61.2 Å². The van der Waals surface area contributed by atoms with Crippen LogP contribution in [0.15, 0.2) is 65.9 Å². The molecule has 1 spiro atoms. The van der Waals surface area contributed by atoms with E-state index in [-0.39, 0.29) is 36.6 Å². The summed E-state index contributed by atoms with van der Waals surface area (Å²) in [4.78, 5) is 57.0. The number of hydrogen-bond donors (Lipinski definition) is 3. The van der Waals surface area contributed by atoms with Gasteiger partial charge < -0.3 is 20.9 Å². The first-order valence-electron chi connectivity index (χ1n) is 12.1. The lowest BCUT2D eigenvalue weighted by molar-refractivity contribution is -0.128. The van der Waals surface area contributed by atoms with E-state index in [0.717, 1.165) is 16.7 Å². The number of nitrogens with zero attached hydrogens (tertiary/aromatic N) is 2. The third kappa shape index (κ3) is 3.49. The average Bonchev–Trinajstić information content (AvgIpc) is 3.44. The molecule has 6 rings (SSSR count). The van der Waals surface area contributed by atoms with Gasteiger partial charge in [-0.15, -0.1) is 0 Å². The van der Waals surface area contributed by atoms with Gasteiger partial charge in [0.1, 0.15) is 12.4 Å². The van der Waals surface area contributed by atoms with Crippen LogP contribution in [0.4, 0.5) is 17.1 Å². The van der Waals surface area contributed by atoms with Crippen molar-refractivity contribution in [3.05, 3.63) is 77.6 Å². The normalized spacial score (nSPS) is 25.2. The van der Waals surface area contributed by atoms with Gasteiger partial charge in [-0.25, -0.2) is 4.99 Å². The number of amides is 4. The first-order chi connectivity index (χ1) is 17.7. The standard InChI is InChI=1S/C28H25N5O4/c1-3-9-29-21-13-28(25(36)32-21)11-16-7-8-18(10-17(16)12-28)30-23(35)15-33-20-6-4-5-19-24(20)27(2,26(33)37)14-22(34)31-19/h3-10,13H,1,11-12,14-15H2,2H3,(H,30,35)(H,31,34)(H,32,36)/b29-9-. The van der Waals surface area contributed by atoms with Crippen molar-refractivity contribution >= 4 is 46.9 Å². The van der Waals surface area contributed by atoms with Crippen molar-refractivity contribution in [2.24, 2.45) is 10.4 Å². The summed E-state index contributed by atoms with van der Waals surface area (Å²) in [6.45, 7) is 5.19. The van der Waals surface area contributed by atoms with Gasteiger partial charge in [-0.1, -0.05) is 24.8 Å². The highest BCUT2D eigenvalue weighted by Gasteiger charge is 2.52. The lowest BCUT2D eigenvalue weighted by atomic mass is 9.77. The van der Waals surface area contributed by atoms with Crippen molar-refractivity contribution in [3.63, 3.8) is 0 Å². The molecule has 2 atom stereocenters. The molecule has 37 heavy (non-hydrogen) atoms. The van der Waals surface area contributed by atoms with Gasteiger partial charge in [0, 0.05) is 29.6 Å². The predicted molar refractivity (Wildman–Crippen MR) is 139 cm³/mol. The Morgan fingerprint density at radius 3 is 2.76 bits per heavy atom. The Kier molecular flexibility index (Phi) is 4.95. The van der Waals surface area contributed by atoms with E-state index in [2.05, 4.69) is 27.5 Å². The first kappa shape index (κ1) is 22.9. The SMILES string of the molecule is C=C/C=N\C1=CC2(Cc3ccc(NC(=O)CN4C(=O)C5(C)CC(=O)Nc6cccc4c65)cc3C2)C(=O)N1. The summed E-state index contributed by atoms with van der Waals surface area (Å²) in [6.07, 6.45) is 6.05. The van der Waals surface area contributed by atoms with Gasteiger partial charge >= 0.3 is 0 Å². The van der Waals surface area contributed by atoms with Crippen LogP contribution in [0.3, 0.4) is 0 Å². The van der Waals surface area contributed by atoms with E-state index in [9.17, 15) is 19.2 Å². The molecule has 1 aliphatic carbocycles. The van der Waals surface area contributed by atoms with E-state index < -0.39 is 10.8 Å². The second kappa shape index (κ2) is 7.99. The highest BCUT2D eigenvalue weighted by molar-refractivity contribution is 6.17. The van der Waals surface area contributed by atoms with Crippen LogP contribution < -0.4 is 20.9 Å². The van der Waals surface area contributed by atoms with Gasteiger partial charge in [0.05, 0.1) is 16.5 Å². The summed E-state index contributed by atoms with van der Waals surface area (Å²) in [5.74, 6) is -0.403. The third-order valence-corrected chi connectivity index (χ3v) is 7.62. The van der Waals surface area contributed by atoms with Crippen LogP contribution in [0.1, 0.15) is 30.0 Å². The molecule has 0 bridgehead atoms. The van der Waals surface area contributed by atoms with Crippen LogP contribution in [-0.4, -0.2) is 36.4 Å². The molecule has 9 heteroatoms. The van der Waals surface area contributed by atoms with E-state index in [1.807, 2.05) is 24.3 Å². The Hall–Kier alpha value is -4.53. The second-order valence-electron chi connectivity index (χ2n) is 10.2. The minimum absolute atomic E-state index is 0.0448. The summed E-state index contributed by atoms with van der Waals surface area (Å²) >= 11 is 0. The molecular weight excluding hydrogens is 470 g/mol. The fourth-order valence-electron chi connectivity index (χ4n) is 6.00. The Labute approximate surface area is 213 Å². The smallest absolute Gasteiger partial charge is 0.244 e. The van der Waals surface area contributed by atoms with E-state index in [0.29, 0.717) is 35.7 Å². The molecule has 0 saturated carbocycles. The molecule has 2 aromatic carbocycles. The topological polar surface area (TPSA) is 120 Å². The third-order valence-electron chi connectivity index (χ3n) is 7.62. The molecule has 2 aromatic rings. The highest BCUT2D eigenvalue weighted by atomic mass is 16.2.